The van der Waals surface area contributed by atoms with Gasteiger partial charge >= 0.3 is 0 Å². The first kappa shape index (κ1) is 36.8. The minimum Gasteiger partial charge on any atom is -0.333 e. The van der Waals surface area contributed by atoms with E-state index in [-0.39, 0.29) is 12.0 Å². The number of para-hydroxylation sites is 4. The van der Waals surface area contributed by atoms with Gasteiger partial charge in [0.2, 0.25) is 0 Å². The summed E-state index contributed by atoms with van der Waals surface area (Å²) in [5.74, 6) is 0.191. The monoisotopic (exact) mass is 822 g/mol. The molecule has 0 fully saturated rings. The van der Waals surface area contributed by atoms with Crippen molar-refractivity contribution in [3.05, 3.63) is 235 Å². The zero-order valence-corrected chi connectivity index (χ0v) is 35.6. The lowest BCUT2D eigenvalue weighted by atomic mass is 9.81. The Labute approximate surface area is 373 Å². The van der Waals surface area contributed by atoms with Crippen LogP contribution in [-0.4, -0.2) is 15.2 Å². The third-order valence-corrected chi connectivity index (χ3v) is 14.1. The van der Waals surface area contributed by atoms with Crippen molar-refractivity contribution in [3.8, 4) is 16.8 Å². The number of benzene rings is 7. The van der Waals surface area contributed by atoms with Gasteiger partial charge in [0, 0.05) is 67.7 Å². The number of nitrogens with zero attached hydrogens (tertiary/aromatic N) is 4. The number of rotatable bonds is 5. The lowest BCUT2D eigenvalue weighted by Gasteiger charge is -2.38. The molecule has 2 aliphatic carbocycles. The van der Waals surface area contributed by atoms with E-state index in [2.05, 4.69) is 232 Å². The molecule has 2 atom stereocenters. The fourth-order valence-corrected chi connectivity index (χ4v) is 11.3. The Hall–Kier alpha value is -7.82. The quantitative estimate of drug-likeness (QED) is 0.172. The van der Waals surface area contributed by atoms with E-state index in [1.807, 2.05) is 0 Å². The second kappa shape index (κ2) is 14.6. The summed E-state index contributed by atoms with van der Waals surface area (Å²) in [6, 6.07) is 60.6. The third kappa shape index (κ3) is 5.55. The van der Waals surface area contributed by atoms with Crippen molar-refractivity contribution >= 4 is 66.4 Å². The maximum Gasteiger partial charge on any atom is 0.0721 e. The summed E-state index contributed by atoms with van der Waals surface area (Å²) in [6.45, 7) is 4.67. The zero-order valence-electron chi connectivity index (χ0n) is 35.6. The lowest BCUT2D eigenvalue weighted by molar-refractivity contribution is 0.703. The van der Waals surface area contributed by atoms with Crippen molar-refractivity contribution < 1.29 is 0 Å². The maximum absolute atomic E-state index is 4.67. The van der Waals surface area contributed by atoms with Gasteiger partial charge in [-0.15, -0.1) is 0 Å². The van der Waals surface area contributed by atoms with E-state index in [0.29, 0.717) is 0 Å². The summed E-state index contributed by atoms with van der Waals surface area (Å²) in [5, 5.41) is 5.19. The van der Waals surface area contributed by atoms with Crippen LogP contribution in [0.1, 0.15) is 37.2 Å². The first-order valence-corrected chi connectivity index (χ1v) is 22.8. The molecule has 2 aromatic heterocycles. The van der Waals surface area contributed by atoms with Crippen LogP contribution in [-0.2, 0) is 0 Å². The van der Waals surface area contributed by atoms with Crippen LogP contribution in [0, 0.1) is 0 Å². The minimum atomic E-state index is 0.0449. The normalized spacial score (nSPS) is 19.2. The van der Waals surface area contributed by atoms with Crippen LogP contribution in [0.25, 0.3) is 66.1 Å². The fraction of sp³-hybridized carbons (Fsp3) is 0.100. The third-order valence-electron chi connectivity index (χ3n) is 14.1. The molecule has 0 N–H and O–H groups in total. The van der Waals surface area contributed by atoms with Crippen LogP contribution in [0.5, 0.6) is 0 Å². The molecule has 4 heterocycles. The van der Waals surface area contributed by atoms with Gasteiger partial charge in [-0.3, -0.25) is 0 Å². The van der Waals surface area contributed by atoms with Gasteiger partial charge in [-0.2, -0.15) is 0 Å². The molecule has 0 saturated carbocycles. The van der Waals surface area contributed by atoms with Gasteiger partial charge in [0.25, 0.3) is 0 Å². The molecule has 7 aromatic carbocycles. The average Bonchev–Trinajstić information content (AvgIpc) is 3.99. The van der Waals surface area contributed by atoms with Crippen LogP contribution in [0.3, 0.4) is 0 Å². The molecule has 0 bridgehead atoms. The van der Waals surface area contributed by atoms with Gasteiger partial charge in [-0.05, 0) is 121 Å². The van der Waals surface area contributed by atoms with E-state index >= 15 is 0 Å². The number of hydrogen-bond donors (Lipinski definition) is 0. The van der Waals surface area contributed by atoms with Gasteiger partial charge in [0.05, 0.1) is 33.8 Å². The van der Waals surface area contributed by atoms with E-state index in [1.54, 1.807) is 0 Å². The smallest absolute Gasteiger partial charge is 0.0721 e. The number of fused-ring (bicyclic) bond motifs is 11. The highest BCUT2D eigenvalue weighted by molar-refractivity contribution is 6.26. The molecule has 64 heavy (non-hydrogen) atoms. The molecule has 13 rings (SSSR count). The molecule has 0 amide bonds. The van der Waals surface area contributed by atoms with E-state index in [1.165, 1.54) is 95.8 Å². The number of allylic oxidation sites excluding steroid dienone is 6. The standard InChI is InChI=1S/C60H46N4/c1-40-16-14-15-39-61(43-17-4-2-5-18-43)55-37-35-49-47-21-8-11-24-52(47)63(59(49)57(40)55)45-31-27-41(28-32-45)42-29-33-46(34-30-42)64-53-25-12-9-22-48(53)50-36-38-56-58(60(50)64)51-23-10-13-26-54(51)62(56)44-19-6-3-7-20-44/h2,4-5,8-19,21-39,49,59H,1,3,6-7,20H2/b16-14-,39-15-. The van der Waals surface area contributed by atoms with Gasteiger partial charge in [-0.1, -0.05) is 134 Å². The first-order valence-electron chi connectivity index (χ1n) is 22.8. The van der Waals surface area contributed by atoms with Crippen molar-refractivity contribution in [2.75, 3.05) is 9.80 Å². The summed E-state index contributed by atoms with van der Waals surface area (Å²) in [4.78, 5) is 4.85. The fourth-order valence-electron chi connectivity index (χ4n) is 11.3. The maximum atomic E-state index is 4.67. The highest BCUT2D eigenvalue weighted by Crippen LogP contribution is 2.53. The summed E-state index contributed by atoms with van der Waals surface area (Å²) in [5.41, 5.74) is 18.3. The molecule has 4 aliphatic rings. The largest absolute Gasteiger partial charge is 0.333 e. The Morgan fingerprint density at radius 1 is 0.531 bits per heavy atom. The van der Waals surface area contributed by atoms with Crippen LogP contribution < -0.4 is 9.80 Å². The predicted octanol–water partition coefficient (Wildman–Crippen LogP) is 15.5. The molecule has 0 saturated heterocycles. The Kier molecular flexibility index (Phi) is 8.42. The number of aromatic nitrogens is 2. The molecule has 4 nitrogen and oxygen atoms in total. The predicted molar refractivity (Wildman–Crippen MR) is 270 cm³/mol. The SMILES string of the molecule is C=C1/C=C\C=C/N(c2ccccc2)C2=C1C1C(C=C2)c2ccccc2N1c1ccc(-c2ccc(-n3c4ccccc4c4ccc5c(c6ccccc6n5C5=CCCCC5)c43)cc2)cc1. The Balaban J connectivity index is 0.902. The Bertz CT molecular complexity index is 3520. The molecule has 9 aromatic rings. The highest BCUT2D eigenvalue weighted by Gasteiger charge is 2.44. The average molecular weight is 823 g/mol. The molecule has 2 aliphatic heterocycles. The van der Waals surface area contributed by atoms with Crippen LogP contribution in [0.2, 0.25) is 0 Å². The van der Waals surface area contributed by atoms with Crippen LogP contribution in [0.4, 0.5) is 17.1 Å². The van der Waals surface area contributed by atoms with Gasteiger partial charge in [-0.25, -0.2) is 0 Å². The van der Waals surface area contributed by atoms with E-state index in [9.17, 15) is 0 Å². The topological polar surface area (TPSA) is 16.3 Å². The van der Waals surface area contributed by atoms with E-state index in [4.69, 9.17) is 0 Å². The van der Waals surface area contributed by atoms with Crippen molar-refractivity contribution in [2.24, 2.45) is 0 Å². The van der Waals surface area contributed by atoms with Crippen molar-refractivity contribution in [3.63, 3.8) is 0 Å². The molecular formula is C60H46N4. The second-order valence-electron chi connectivity index (χ2n) is 17.6. The van der Waals surface area contributed by atoms with Gasteiger partial charge < -0.3 is 18.9 Å². The van der Waals surface area contributed by atoms with Crippen molar-refractivity contribution in [1.82, 2.24) is 9.13 Å². The zero-order chi connectivity index (χ0) is 42.3. The number of hydrogen-bond acceptors (Lipinski definition) is 2. The highest BCUT2D eigenvalue weighted by atomic mass is 15.2. The summed E-state index contributed by atoms with van der Waals surface area (Å²) in [6.07, 6.45) is 20.5. The minimum absolute atomic E-state index is 0.0449. The molecule has 0 radical (unpaired) electrons. The van der Waals surface area contributed by atoms with Gasteiger partial charge in [0.15, 0.2) is 0 Å². The first-order chi connectivity index (χ1) is 31.7. The van der Waals surface area contributed by atoms with E-state index in [0.717, 1.165) is 35.5 Å². The number of anilines is 3. The summed E-state index contributed by atoms with van der Waals surface area (Å²) >= 11 is 0. The molecule has 2 unspecified atom stereocenters. The Morgan fingerprint density at radius 3 is 2.02 bits per heavy atom. The molecular weight excluding hydrogens is 777 g/mol. The summed E-state index contributed by atoms with van der Waals surface area (Å²) in [7, 11) is 0. The second-order valence-corrected chi connectivity index (χ2v) is 17.6. The summed E-state index contributed by atoms with van der Waals surface area (Å²) < 4.78 is 5.05. The van der Waals surface area contributed by atoms with Crippen molar-refractivity contribution in [2.45, 2.75) is 37.6 Å². The van der Waals surface area contributed by atoms with Gasteiger partial charge in [0.1, 0.15) is 0 Å². The van der Waals surface area contributed by atoms with E-state index < -0.39 is 0 Å². The van der Waals surface area contributed by atoms with Crippen LogP contribution in [0.15, 0.2) is 230 Å². The molecule has 0 spiro atoms. The molecule has 4 heteroatoms. The molecule has 306 valence electrons. The lowest BCUT2D eigenvalue weighted by Crippen LogP contribution is -2.36. The van der Waals surface area contributed by atoms with Crippen LogP contribution >= 0.6 is 0 Å². The Morgan fingerprint density at radius 2 is 1.23 bits per heavy atom. The van der Waals surface area contributed by atoms with Crippen molar-refractivity contribution in [1.29, 1.82) is 0 Å².